The summed E-state index contributed by atoms with van der Waals surface area (Å²) < 4.78 is 16.9. The maximum absolute atomic E-state index is 12.8. The minimum absolute atomic E-state index is 0.0628. The van der Waals surface area contributed by atoms with Gasteiger partial charge in [0.2, 0.25) is 0 Å². The molecule has 1 unspecified atom stereocenters. The van der Waals surface area contributed by atoms with Gasteiger partial charge in [-0.3, -0.25) is 14.4 Å². The molecule has 0 spiro atoms. The standard InChI is InChI=1S/C59H114O6/c1-6-8-9-10-11-12-13-14-15-16-17-18-19-23-29-34-39-44-49-57(60)63-52-56(53-64-58(61)50-45-40-35-30-26-25-28-33-38-43-48-55(5)7-2)65-59(62)51-46-41-36-31-24-21-20-22-27-32-37-42-47-54(3)4/h54-56H,6-53H2,1-5H3/t55?,56-/m0/s1. The molecule has 0 N–H and O–H groups in total. The third-order valence-corrected chi connectivity index (χ3v) is 13.8. The average molecular weight is 920 g/mol. The lowest BCUT2D eigenvalue weighted by Crippen LogP contribution is -2.30. The van der Waals surface area contributed by atoms with Gasteiger partial charge in [0.05, 0.1) is 0 Å². The topological polar surface area (TPSA) is 78.9 Å². The molecule has 0 saturated heterocycles. The first-order valence-electron chi connectivity index (χ1n) is 29.3. The highest BCUT2D eigenvalue weighted by Gasteiger charge is 2.19. The molecule has 65 heavy (non-hydrogen) atoms. The quantitative estimate of drug-likeness (QED) is 0.0344. The smallest absolute Gasteiger partial charge is 0.306 e. The van der Waals surface area contributed by atoms with Crippen LogP contribution in [-0.4, -0.2) is 37.2 Å². The summed E-state index contributed by atoms with van der Waals surface area (Å²) in [5, 5.41) is 0. The van der Waals surface area contributed by atoms with E-state index in [1.807, 2.05) is 0 Å². The first-order valence-corrected chi connectivity index (χ1v) is 29.3. The van der Waals surface area contributed by atoms with Crippen molar-refractivity contribution in [2.24, 2.45) is 11.8 Å². The lowest BCUT2D eigenvalue weighted by Gasteiger charge is -2.18. The Kier molecular flexibility index (Phi) is 50.5. The molecule has 0 bridgehead atoms. The molecule has 0 aromatic heterocycles. The highest BCUT2D eigenvalue weighted by atomic mass is 16.6. The Bertz CT molecular complexity index is 995. The van der Waals surface area contributed by atoms with Crippen molar-refractivity contribution in [3.8, 4) is 0 Å². The van der Waals surface area contributed by atoms with E-state index in [-0.39, 0.29) is 31.1 Å². The summed E-state index contributed by atoms with van der Waals surface area (Å²) in [6.07, 6.45) is 55.2. The maximum Gasteiger partial charge on any atom is 0.306 e. The molecule has 0 aliphatic rings. The number of hydrogen-bond acceptors (Lipinski definition) is 6. The fourth-order valence-electron chi connectivity index (χ4n) is 9.02. The molecule has 0 aliphatic heterocycles. The first-order chi connectivity index (χ1) is 31.8. The van der Waals surface area contributed by atoms with Crippen LogP contribution >= 0.6 is 0 Å². The van der Waals surface area contributed by atoms with Gasteiger partial charge >= 0.3 is 17.9 Å². The Morgan fingerprint density at radius 3 is 0.877 bits per heavy atom. The van der Waals surface area contributed by atoms with Gasteiger partial charge in [-0.2, -0.15) is 0 Å². The lowest BCUT2D eigenvalue weighted by atomic mass is 9.99. The number of hydrogen-bond donors (Lipinski definition) is 0. The third kappa shape index (κ3) is 51.6. The van der Waals surface area contributed by atoms with Gasteiger partial charge in [0.25, 0.3) is 0 Å². The summed E-state index contributed by atoms with van der Waals surface area (Å²) in [7, 11) is 0. The number of esters is 3. The van der Waals surface area contributed by atoms with Crippen LogP contribution in [0.5, 0.6) is 0 Å². The van der Waals surface area contributed by atoms with Crippen LogP contribution in [0.1, 0.15) is 330 Å². The lowest BCUT2D eigenvalue weighted by molar-refractivity contribution is -0.167. The molecular weight excluding hydrogens is 805 g/mol. The predicted molar refractivity (Wildman–Crippen MR) is 280 cm³/mol. The molecule has 0 heterocycles. The van der Waals surface area contributed by atoms with E-state index in [1.165, 1.54) is 218 Å². The molecule has 6 heteroatoms. The van der Waals surface area contributed by atoms with Crippen LogP contribution in [0.3, 0.4) is 0 Å². The molecule has 0 radical (unpaired) electrons. The molecule has 0 aliphatic carbocycles. The number of rotatable bonds is 53. The molecule has 0 aromatic rings. The second-order valence-corrected chi connectivity index (χ2v) is 21.0. The second kappa shape index (κ2) is 51.8. The summed E-state index contributed by atoms with van der Waals surface area (Å²) in [5.41, 5.74) is 0. The summed E-state index contributed by atoms with van der Waals surface area (Å²) in [6.45, 7) is 11.4. The molecular formula is C59H114O6. The number of carbonyl (C=O) groups is 3. The highest BCUT2D eigenvalue weighted by Crippen LogP contribution is 2.19. The van der Waals surface area contributed by atoms with E-state index in [2.05, 4.69) is 34.6 Å². The molecule has 0 fully saturated rings. The van der Waals surface area contributed by atoms with Crippen molar-refractivity contribution in [2.75, 3.05) is 13.2 Å². The zero-order valence-electron chi connectivity index (χ0n) is 44.6. The van der Waals surface area contributed by atoms with E-state index in [1.54, 1.807) is 0 Å². The van der Waals surface area contributed by atoms with E-state index in [9.17, 15) is 14.4 Å². The normalized spacial score (nSPS) is 12.5. The zero-order chi connectivity index (χ0) is 47.5. The zero-order valence-corrected chi connectivity index (χ0v) is 44.6. The highest BCUT2D eigenvalue weighted by molar-refractivity contribution is 5.71. The predicted octanol–water partition coefficient (Wildman–Crippen LogP) is 19.3. The van der Waals surface area contributed by atoms with Gasteiger partial charge in [0.15, 0.2) is 6.10 Å². The largest absolute Gasteiger partial charge is 0.462 e. The van der Waals surface area contributed by atoms with Crippen LogP contribution in [0.2, 0.25) is 0 Å². The Morgan fingerprint density at radius 1 is 0.323 bits per heavy atom. The van der Waals surface area contributed by atoms with Crippen LogP contribution in [0.25, 0.3) is 0 Å². The molecule has 0 amide bonds. The Morgan fingerprint density at radius 2 is 0.585 bits per heavy atom. The van der Waals surface area contributed by atoms with E-state index in [0.29, 0.717) is 19.3 Å². The molecule has 0 aromatic carbocycles. The Balaban J connectivity index is 4.30. The number of unbranched alkanes of at least 4 members (excludes halogenated alkanes) is 37. The van der Waals surface area contributed by atoms with Gasteiger partial charge in [-0.1, -0.05) is 291 Å². The molecule has 6 nitrogen and oxygen atoms in total. The number of carbonyl (C=O) groups excluding carboxylic acids is 3. The van der Waals surface area contributed by atoms with Crippen LogP contribution < -0.4 is 0 Å². The third-order valence-electron chi connectivity index (χ3n) is 13.8. The summed E-state index contributed by atoms with van der Waals surface area (Å²) in [5.74, 6) is 0.862. The van der Waals surface area contributed by atoms with Gasteiger partial charge < -0.3 is 14.2 Å². The van der Waals surface area contributed by atoms with E-state index in [0.717, 1.165) is 69.6 Å². The fraction of sp³-hybridized carbons (Fsp3) is 0.949. The van der Waals surface area contributed by atoms with Gasteiger partial charge in [-0.15, -0.1) is 0 Å². The van der Waals surface area contributed by atoms with E-state index >= 15 is 0 Å². The Labute approximate surface area is 406 Å². The van der Waals surface area contributed by atoms with Crippen molar-refractivity contribution in [3.63, 3.8) is 0 Å². The molecule has 2 atom stereocenters. The van der Waals surface area contributed by atoms with Gasteiger partial charge in [-0.05, 0) is 31.1 Å². The summed E-state index contributed by atoms with van der Waals surface area (Å²) >= 11 is 0. The van der Waals surface area contributed by atoms with Crippen LogP contribution in [0.15, 0.2) is 0 Å². The van der Waals surface area contributed by atoms with Crippen molar-refractivity contribution in [3.05, 3.63) is 0 Å². The molecule has 386 valence electrons. The van der Waals surface area contributed by atoms with Crippen molar-refractivity contribution in [1.82, 2.24) is 0 Å². The summed E-state index contributed by atoms with van der Waals surface area (Å²) in [4.78, 5) is 38.2. The van der Waals surface area contributed by atoms with Crippen molar-refractivity contribution in [1.29, 1.82) is 0 Å². The van der Waals surface area contributed by atoms with Crippen molar-refractivity contribution in [2.45, 2.75) is 336 Å². The SMILES string of the molecule is CCCCCCCCCCCCCCCCCCCCC(=O)OC[C@@H](COC(=O)CCCCCCCCCCCCC(C)CC)OC(=O)CCCCCCCCCCCCCCC(C)C. The van der Waals surface area contributed by atoms with Gasteiger partial charge in [0, 0.05) is 19.3 Å². The van der Waals surface area contributed by atoms with Gasteiger partial charge in [-0.25, -0.2) is 0 Å². The second-order valence-electron chi connectivity index (χ2n) is 21.0. The monoisotopic (exact) mass is 919 g/mol. The summed E-state index contributed by atoms with van der Waals surface area (Å²) in [6, 6.07) is 0. The van der Waals surface area contributed by atoms with Crippen molar-refractivity contribution >= 4 is 17.9 Å². The van der Waals surface area contributed by atoms with E-state index < -0.39 is 6.10 Å². The van der Waals surface area contributed by atoms with Crippen LogP contribution in [0.4, 0.5) is 0 Å². The van der Waals surface area contributed by atoms with Crippen LogP contribution in [-0.2, 0) is 28.6 Å². The minimum atomic E-state index is -0.763. The van der Waals surface area contributed by atoms with E-state index in [4.69, 9.17) is 14.2 Å². The van der Waals surface area contributed by atoms with Gasteiger partial charge in [0.1, 0.15) is 13.2 Å². The maximum atomic E-state index is 12.8. The molecule has 0 rings (SSSR count). The Hall–Kier alpha value is -1.59. The average Bonchev–Trinajstić information content (AvgIpc) is 3.29. The number of ether oxygens (including phenoxy) is 3. The fourth-order valence-corrected chi connectivity index (χ4v) is 9.02. The minimum Gasteiger partial charge on any atom is -0.462 e. The van der Waals surface area contributed by atoms with Crippen molar-refractivity contribution < 1.29 is 28.6 Å². The van der Waals surface area contributed by atoms with Crippen LogP contribution in [0, 0.1) is 11.8 Å². The molecule has 0 saturated carbocycles. The first kappa shape index (κ1) is 63.4.